The van der Waals surface area contributed by atoms with Crippen LogP contribution in [0.2, 0.25) is 0 Å². The van der Waals surface area contributed by atoms with Gasteiger partial charge in [-0.2, -0.15) is 8.78 Å². The molecule has 0 aliphatic rings. The first-order chi connectivity index (χ1) is 10.3. The molecule has 1 atom stereocenters. The molecule has 0 radical (unpaired) electrons. The summed E-state index contributed by atoms with van der Waals surface area (Å²) in [6.45, 7) is 1.26. The number of esters is 1. The van der Waals surface area contributed by atoms with Crippen LogP contribution in [0.3, 0.4) is 0 Å². The molecular weight excluding hydrogens is 300 g/mol. The normalized spacial score (nSPS) is 12.5. The van der Waals surface area contributed by atoms with E-state index in [1.54, 1.807) is 0 Å². The highest BCUT2D eigenvalue weighted by atomic mass is 19.3. The zero-order valence-corrected chi connectivity index (χ0v) is 12.8. The lowest BCUT2D eigenvalue weighted by Crippen LogP contribution is -2.41. The van der Waals surface area contributed by atoms with Gasteiger partial charge in [0.25, 0.3) is 0 Å². The van der Waals surface area contributed by atoms with Crippen molar-refractivity contribution in [3.8, 4) is 17.2 Å². The van der Waals surface area contributed by atoms with E-state index in [1.165, 1.54) is 40.4 Å². The van der Waals surface area contributed by atoms with E-state index >= 15 is 0 Å². The lowest BCUT2D eigenvalue weighted by atomic mass is 10.0. The number of methoxy groups -OCH3 is 3. The summed E-state index contributed by atoms with van der Waals surface area (Å²) >= 11 is 0. The fraction of sp³-hybridized carbons (Fsp3) is 0.500. The molecule has 0 aromatic heterocycles. The molecule has 8 heteroatoms. The molecule has 124 valence electrons. The fourth-order valence-electron chi connectivity index (χ4n) is 1.84. The molecule has 22 heavy (non-hydrogen) atoms. The Labute approximate surface area is 127 Å². The largest absolute Gasteiger partial charge is 0.493 e. The van der Waals surface area contributed by atoms with Crippen molar-refractivity contribution in [1.82, 2.24) is 0 Å². The summed E-state index contributed by atoms with van der Waals surface area (Å²) in [4.78, 5) is 11.4. The summed E-state index contributed by atoms with van der Waals surface area (Å²) < 4.78 is 47.6. The Bertz CT molecular complexity index is 511. The molecule has 0 unspecified atom stereocenters. The Morgan fingerprint density at radius 2 is 1.68 bits per heavy atom. The summed E-state index contributed by atoms with van der Waals surface area (Å²) in [5.74, 6) is -5.02. The van der Waals surface area contributed by atoms with Crippen molar-refractivity contribution in [2.75, 3.05) is 27.9 Å². The quantitative estimate of drug-likeness (QED) is 0.773. The zero-order chi connectivity index (χ0) is 16.9. The van der Waals surface area contributed by atoms with E-state index in [9.17, 15) is 13.6 Å². The van der Waals surface area contributed by atoms with Crippen LogP contribution < -0.4 is 19.9 Å². The second-order valence-corrected chi connectivity index (χ2v) is 4.28. The highest BCUT2D eigenvalue weighted by molar-refractivity contribution is 5.79. The number of rotatable bonds is 7. The molecular formula is C14H19F2NO5. The van der Waals surface area contributed by atoms with E-state index < -0.39 is 17.9 Å². The number of halogens is 2. The second-order valence-electron chi connectivity index (χ2n) is 4.28. The maximum Gasteiger partial charge on any atom is 0.379 e. The van der Waals surface area contributed by atoms with Gasteiger partial charge in [-0.1, -0.05) is 0 Å². The minimum absolute atomic E-state index is 0.0486. The topological polar surface area (TPSA) is 80.0 Å². The van der Waals surface area contributed by atoms with E-state index in [1.807, 2.05) is 0 Å². The van der Waals surface area contributed by atoms with E-state index in [2.05, 4.69) is 4.74 Å². The SMILES string of the molecule is CCOC(=O)C(F)(F)[C@H](N)c1cc(OC)c(OC)c(OC)c1. The number of benzene rings is 1. The molecule has 1 aromatic carbocycles. The molecule has 6 nitrogen and oxygen atoms in total. The summed E-state index contributed by atoms with van der Waals surface area (Å²) in [6.07, 6.45) is 0. The Morgan fingerprint density at radius 3 is 2.05 bits per heavy atom. The third-order valence-electron chi connectivity index (χ3n) is 2.98. The molecule has 0 bridgehead atoms. The molecule has 0 aliphatic heterocycles. The smallest absolute Gasteiger partial charge is 0.379 e. The summed E-state index contributed by atoms with van der Waals surface area (Å²) in [6, 6.07) is 0.610. The van der Waals surface area contributed by atoms with Crippen LogP contribution in [0.5, 0.6) is 17.2 Å². The third kappa shape index (κ3) is 3.38. The molecule has 1 aromatic rings. The molecule has 1 rings (SSSR count). The lowest BCUT2D eigenvalue weighted by molar-refractivity contribution is -0.174. The number of carbonyl (C=O) groups excluding carboxylic acids is 1. The van der Waals surface area contributed by atoms with Crippen molar-refractivity contribution in [2.45, 2.75) is 18.9 Å². The first-order valence-corrected chi connectivity index (χ1v) is 6.43. The van der Waals surface area contributed by atoms with Crippen molar-refractivity contribution in [2.24, 2.45) is 5.73 Å². The van der Waals surface area contributed by atoms with Gasteiger partial charge in [0.1, 0.15) is 6.04 Å². The van der Waals surface area contributed by atoms with Gasteiger partial charge in [-0.25, -0.2) is 4.79 Å². The van der Waals surface area contributed by atoms with Gasteiger partial charge in [0.05, 0.1) is 27.9 Å². The van der Waals surface area contributed by atoms with Crippen LogP contribution in [0.4, 0.5) is 8.78 Å². The van der Waals surface area contributed by atoms with Crippen LogP contribution in [-0.2, 0) is 9.53 Å². The average molecular weight is 319 g/mol. The van der Waals surface area contributed by atoms with Crippen molar-refractivity contribution in [3.05, 3.63) is 17.7 Å². The van der Waals surface area contributed by atoms with Crippen molar-refractivity contribution in [1.29, 1.82) is 0 Å². The molecule has 0 heterocycles. The second kappa shape index (κ2) is 7.26. The van der Waals surface area contributed by atoms with Crippen LogP contribution in [0.15, 0.2) is 12.1 Å². The van der Waals surface area contributed by atoms with Gasteiger partial charge in [-0.05, 0) is 24.6 Å². The minimum atomic E-state index is -3.89. The van der Waals surface area contributed by atoms with Gasteiger partial charge < -0.3 is 24.7 Å². The van der Waals surface area contributed by atoms with Gasteiger partial charge in [0.15, 0.2) is 11.5 Å². The number of ether oxygens (including phenoxy) is 4. The predicted octanol–water partition coefficient (Wildman–Crippen LogP) is 1.91. The minimum Gasteiger partial charge on any atom is -0.493 e. The van der Waals surface area contributed by atoms with E-state index in [0.717, 1.165) is 0 Å². The van der Waals surface area contributed by atoms with Gasteiger partial charge in [0.2, 0.25) is 5.75 Å². The lowest BCUT2D eigenvalue weighted by Gasteiger charge is -2.23. The number of nitrogens with two attached hydrogens (primary N) is 1. The summed E-state index contributed by atoms with van der Waals surface area (Å²) in [5, 5.41) is 0. The molecule has 0 fully saturated rings. The van der Waals surface area contributed by atoms with Gasteiger partial charge >= 0.3 is 11.9 Å². The highest BCUT2D eigenvalue weighted by Crippen LogP contribution is 2.42. The number of hydrogen-bond acceptors (Lipinski definition) is 6. The van der Waals surface area contributed by atoms with Crippen molar-refractivity contribution >= 4 is 5.97 Å². The summed E-state index contributed by atoms with van der Waals surface area (Å²) in [7, 11) is 4.07. The van der Waals surface area contributed by atoms with Gasteiger partial charge in [-0.3, -0.25) is 0 Å². The molecule has 2 N–H and O–H groups in total. The molecule has 0 saturated carbocycles. The predicted molar refractivity (Wildman–Crippen MR) is 74.6 cm³/mol. The van der Waals surface area contributed by atoms with Crippen LogP contribution in [-0.4, -0.2) is 39.8 Å². The Kier molecular flexibility index (Phi) is 5.92. The average Bonchev–Trinajstić information content (AvgIpc) is 2.52. The molecule has 0 aliphatic carbocycles. The van der Waals surface area contributed by atoms with Crippen LogP contribution in [0.25, 0.3) is 0 Å². The Balaban J connectivity index is 3.28. The Hall–Kier alpha value is -2.09. The molecule has 0 spiro atoms. The van der Waals surface area contributed by atoms with Crippen LogP contribution in [0, 0.1) is 0 Å². The molecule has 0 amide bonds. The first-order valence-electron chi connectivity index (χ1n) is 6.43. The van der Waals surface area contributed by atoms with E-state index in [0.29, 0.717) is 0 Å². The standard InChI is InChI=1S/C14H19F2NO5/c1-5-22-13(18)14(15,16)12(17)8-6-9(19-2)11(21-4)10(7-8)20-3/h6-7,12H,5,17H2,1-4H3/t12-/m1/s1. The van der Waals surface area contributed by atoms with Gasteiger partial charge in [-0.15, -0.1) is 0 Å². The first kappa shape index (κ1) is 18.0. The van der Waals surface area contributed by atoms with Crippen LogP contribution >= 0.6 is 0 Å². The number of carbonyl (C=O) groups is 1. The van der Waals surface area contributed by atoms with E-state index in [4.69, 9.17) is 19.9 Å². The maximum atomic E-state index is 14.0. The molecule has 0 saturated heterocycles. The number of alkyl halides is 2. The maximum absolute atomic E-state index is 14.0. The fourth-order valence-corrected chi connectivity index (χ4v) is 1.84. The monoisotopic (exact) mass is 319 g/mol. The zero-order valence-electron chi connectivity index (χ0n) is 12.8. The Morgan fingerprint density at radius 1 is 1.18 bits per heavy atom. The van der Waals surface area contributed by atoms with E-state index in [-0.39, 0.29) is 29.4 Å². The van der Waals surface area contributed by atoms with Crippen molar-refractivity contribution < 1.29 is 32.5 Å². The third-order valence-corrected chi connectivity index (χ3v) is 2.98. The highest BCUT2D eigenvalue weighted by Gasteiger charge is 2.48. The van der Waals surface area contributed by atoms with Gasteiger partial charge in [0, 0.05) is 0 Å². The number of hydrogen-bond donors (Lipinski definition) is 1. The van der Waals surface area contributed by atoms with Crippen molar-refractivity contribution in [3.63, 3.8) is 0 Å². The van der Waals surface area contributed by atoms with Crippen LogP contribution in [0.1, 0.15) is 18.5 Å². The summed E-state index contributed by atoms with van der Waals surface area (Å²) in [5.41, 5.74) is 5.49.